The van der Waals surface area contributed by atoms with Gasteiger partial charge < -0.3 is 5.32 Å². The number of halogens is 1. The normalized spacial score (nSPS) is 12.5. The van der Waals surface area contributed by atoms with Gasteiger partial charge in [0, 0.05) is 12.6 Å². The van der Waals surface area contributed by atoms with E-state index in [2.05, 4.69) is 18.8 Å². The second-order valence-electron chi connectivity index (χ2n) is 3.89. The number of hydrogen-bond acceptors (Lipinski definition) is 1. The fourth-order valence-electron chi connectivity index (χ4n) is 1.37. The van der Waals surface area contributed by atoms with E-state index < -0.39 is 0 Å². The molecule has 1 N–H and O–H groups in total. The fraction of sp³-hybridized carbons (Fsp3) is 0.385. The van der Waals surface area contributed by atoms with Crippen molar-refractivity contribution < 1.29 is 4.39 Å². The summed E-state index contributed by atoms with van der Waals surface area (Å²) in [6.07, 6.45) is 2.81. The van der Waals surface area contributed by atoms with E-state index in [0.717, 1.165) is 12.0 Å². The first-order chi connectivity index (χ1) is 7.13. The minimum Gasteiger partial charge on any atom is -0.310 e. The Hall–Kier alpha value is -1.15. The van der Waals surface area contributed by atoms with Crippen molar-refractivity contribution >= 4 is 0 Å². The van der Waals surface area contributed by atoms with Crippen molar-refractivity contribution in [1.29, 1.82) is 0 Å². The molecule has 0 fully saturated rings. The lowest BCUT2D eigenvalue weighted by molar-refractivity contribution is 0.550. The van der Waals surface area contributed by atoms with Crippen LogP contribution in [0.2, 0.25) is 0 Å². The van der Waals surface area contributed by atoms with Crippen LogP contribution < -0.4 is 5.32 Å². The number of rotatable bonds is 5. The van der Waals surface area contributed by atoms with Crippen LogP contribution in [0.5, 0.6) is 0 Å². The molecule has 0 saturated heterocycles. The monoisotopic (exact) mass is 207 g/mol. The second kappa shape index (κ2) is 5.66. The Labute approximate surface area is 91.0 Å². The molecule has 0 aromatic heterocycles. The zero-order valence-electron chi connectivity index (χ0n) is 9.39. The molecule has 1 aromatic carbocycles. The van der Waals surface area contributed by atoms with Crippen molar-refractivity contribution in [3.8, 4) is 0 Å². The molecule has 0 bridgehead atoms. The van der Waals surface area contributed by atoms with Gasteiger partial charge in [0.1, 0.15) is 5.82 Å². The van der Waals surface area contributed by atoms with Crippen molar-refractivity contribution in [3.05, 3.63) is 47.8 Å². The molecule has 0 saturated carbocycles. The third-order valence-corrected chi connectivity index (χ3v) is 2.41. The zero-order valence-corrected chi connectivity index (χ0v) is 9.39. The standard InChI is InChI=1S/C13H18FN/c1-4-5-11(3)15-9-12-7-6-10(2)13(14)8-12/h4,6-8,11,15H,1,5,9H2,2-3H3. The fourth-order valence-corrected chi connectivity index (χ4v) is 1.37. The summed E-state index contributed by atoms with van der Waals surface area (Å²) in [5, 5.41) is 3.31. The first kappa shape index (κ1) is 11.9. The molecule has 0 aliphatic rings. The molecule has 0 heterocycles. The van der Waals surface area contributed by atoms with Gasteiger partial charge in [0.05, 0.1) is 0 Å². The predicted octanol–water partition coefficient (Wildman–Crippen LogP) is 3.19. The van der Waals surface area contributed by atoms with Gasteiger partial charge in [0.25, 0.3) is 0 Å². The van der Waals surface area contributed by atoms with Crippen LogP contribution in [0.15, 0.2) is 30.9 Å². The van der Waals surface area contributed by atoms with Crippen LogP contribution in [-0.2, 0) is 6.54 Å². The maximum Gasteiger partial charge on any atom is 0.126 e. The number of aryl methyl sites for hydroxylation is 1. The van der Waals surface area contributed by atoms with Gasteiger partial charge >= 0.3 is 0 Å². The third-order valence-electron chi connectivity index (χ3n) is 2.41. The molecule has 0 amide bonds. The Bertz CT molecular complexity index is 333. The van der Waals surface area contributed by atoms with Gasteiger partial charge in [-0.25, -0.2) is 4.39 Å². The van der Waals surface area contributed by atoms with Gasteiger partial charge in [-0.15, -0.1) is 6.58 Å². The Morgan fingerprint density at radius 1 is 1.53 bits per heavy atom. The lowest BCUT2D eigenvalue weighted by atomic mass is 10.1. The van der Waals surface area contributed by atoms with Gasteiger partial charge in [-0.2, -0.15) is 0 Å². The quantitative estimate of drug-likeness (QED) is 0.731. The van der Waals surface area contributed by atoms with Crippen LogP contribution in [-0.4, -0.2) is 6.04 Å². The Morgan fingerprint density at radius 3 is 2.87 bits per heavy atom. The van der Waals surface area contributed by atoms with E-state index in [0.29, 0.717) is 18.2 Å². The lowest BCUT2D eigenvalue weighted by Crippen LogP contribution is -2.24. The van der Waals surface area contributed by atoms with Crippen LogP contribution in [0.4, 0.5) is 4.39 Å². The summed E-state index contributed by atoms with van der Waals surface area (Å²) in [7, 11) is 0. The van der Waals surface area contributed by atoms with E-state index in [-0.39, 0.29) is 5.82 Å². The van der Waals surface area contributed by atoms with Crippen LogP contribution in [0, 0.1) is 12.7 Å². The zero-order chi connectivity index (χ0) is 11.3. The highest BCUT2D eigenvalue weighted by molar-refractivity contribution is 5.23. The Balaban J connectivity index is 2.50. The molecule has 2 heteroatoms. The van der Waals surface area contributed by atoms with Gasteiger partial charge in [-0.1, -0.05) is 18.2 Å². The summed E-state index contributed by atoms with van der Waals surface area (Å²) in [6.45, 7) is 8.24. The van der Waals surface area contributed by atoms with Gasteiger partial charge in [0.15, 0.2) is 0 Å². The average molecular weight is 207 g/mol. The van der Waals surface area contributed by atoms with Crippen molar-refractivity contribution in [3.63, 3.8) is 0 Å². The largest absolute Gasteiger partial charge is 0.310 e. The van der Waals surface area contributed by atoms with Crippen LogP contribution in [0.1, 0.15) is 24.5 Å². The van der Waals surface area contributed by atoms with Gasteiger partial charge in [0.2, 0.25) is 0 Å². The molecule has 1 nitrogen and oxygen atoms in total. The van der Waals surface area contributed by atoms with Gasteiger partial charge in [-0.3, -0.25) is 0 Å². The minimum atomic E-state index is -0.134. The summed E-state index contributed by atoms with van der Waals surface area (Å²) < 4.78 is 13.2. The lowest BCUT2D eigenvalue weighted by Gasteiger charge is -2.11. The number of benzene rings is 1. The van der Waals surface area contributed by atoms with Gasteiger partial charge in [-0.05, 0) is 37.5 Å². The Morgan fingerprint density at radius 2 is 2.27 bits per heavy atom. The molecule has 82 valence electrons. The second-order valence-corrected chi connectivity index (χ2v) is 3.89. The SMILES string of the molecule is C=CCC(C)NCc1ccc(C)c(F)c1. The highest BCUT2D eigenvalue weighted by Gasteiger charge is 2.01. The summed E-state index contributed by atoms with van der Waals surface area (Å²) in [5.41, 5.74) is 1.67. The maximum absolute atomic E-state index is 13.2. The summed E-state index contributed by atoms with van der Waals surface area (Å²) in [5.74, 6) is -0.134. The van der Waals surface area contributed by atoms with Crippen LogP contribution >= 0.6 is 0 Å². The molecule has 0 radical (unpaired) electrons. The molecule has 1 rings (SSSR count). The van der Waals surface area contributed by atoms with E-state index in [1.807, 2.05) is 18.2 Å². The first-order valence-corrected chi connectivity index (χ1v) is 5.22. The maximum atomic E-state index is 13.2. The Kier molecular flexibility index (Phi) is 4.50. The van der Waals surface area contributed by atoms with Crippen LogP contribution in [0.3, 0.4) is 0 Å². The molecule has 1 unspecified atom stereocenters. The number of hydrogen-bond donors (Lipinski definition) is 1. The first-order valence-electron chi connectivity index (χ1n) is 5.22. The average Bonchev–Trinajstić information content (AvgIpc) is 2.20. The van der Waals surface area contributed by atoms with E-state index in [1.165, 1.54) is 0 Å². The third kappa shape index (κ3) is 3.84. The molecule has 0 spiro atoms. The van der Waals surface area contributed by atoms with Crippen molar-refractivity contribution in [2.75, 3.05) is 0 Å². The van der Waals surface area contributed by atoms with Crippen molar-refractivity contribution in [2.45, 2.75) is 32.9 Å². The van der Waals surface area contributed by atoms with E-state index in [1.54, 1.807) is 13.0 Å². The molecule has 1 atom stereocenters. The molecule has 1 aromatic rings. The highest BCUT2D eigenvalue weighted by atomic mass is 19.1. The summed E-state index contributed by atoms with van der Waals surface area (Å²) >= 11 is 0. The van der Waals surface area contributed by atoms with Crippen LogP contribution in [0.25, 0.3) is 0 Å². The highest BCUT2D eigenvalue weighted by Crippen LogP contribution is 2.09. The molecule has 0 aliphatic carbocycles. The topological polar surface area (TPSA) is 12.0 Å². The molecular formula is C13H18FN. The molecule has 15 heavy (non-hydrogen) atoms. The molecular weight excluding hydrogens is 189 g/mol. The predicted molar refractivity (Wildman–Crippen MR) is 62.3 cm³/mol. The van der Waals surface area contributed by atoms with E-state index in [4.69, 9.17) is 0 Å². The van der Waals surface area contributed by atoms with Crippen molar-refractivity contribution in [2.24, 2.45) is 0 Å². The number of nitrogens with one attached hydrogen (secondary N) is 1. The van der Waals surface area contributed by atoms with E-state index in [9.17, 15) is 4.39 Å². The van der Waals surface area contributed by atoms with E-state index >= 15 is 0 Å². The summed E-state index contributed by atoms with van der Waals surface area (Å²) in [6, 6.07) is 5.73. The summed E-state index contributed by atoms with van der Waals surface area (Å²) in [4.78, 5) is 0. The smallest absolute Gasteiger partial charge is 0.126 e. The minimum absolute atomic E-state index is 0.134. The van der Waals surface area contributed by atoms with Crippen molar-refractivity contribution in [1.82, 2.24) is 5.32 Å². The molecule has 0 aliphatic heterocycles.